The lowest BCUT2D eigenvalue weighted by Gasteiger charge is -2.14. The van der Waals surface area contributed by atoms with Gasteiger partial charge in [-0.2, -0.15) is 0 Å². The van der Waals surface area contributed by atoms with Gasteiger partial charge in [-0.3, -0.25) is 0 Å². The zero-order valence-electron chi connectivity index (χ0n) is 13.9. The van der Waals surface area contributed by atoms with Crippen LogP contribution in [0.5, 0.6) is 17.2 Å². The molecule has 0 saturated heterocycles. The Kier molecular flexibility index (Phi) is 6.05. The molecule has 0 atom stereocenters. The average molecular weight is 351 g/mol. The van der Waals surface area contributed by atoms with Gasteiger partial charge in [0.15, 0.2) is 11.5 Å². The highest BCUT2D eigenvalue weighted by atomic mass is 32.2. The van der Waals surface area contributed by atoms with E-state index in [-0.39, 0.29) is 11.4 Å². The van der Waals surface area contributed by atoms with Crippen molar-refractivity contribution in [3.63, 3.8) is 0 Å². The van der Waals surface area contributed by atoms with Crippen molar-refractivity contribution in [1.29, 1.82) is 0 Å². The van der Waals surface area contributed by atoms with Crippen molar-refractivity contribution in [2.45, 2.75) is 11.3 Å². The fraction of sp³-hybridized carbons (Fsp3) is 0.294. The van der Waals surface area contributed by atoms with Crippen molar-refractivity contribution < 1.29 is 22.6 Å². The van der Waals surface area contributed by atoms with Crippen LogP contribution in [-0.4, -0.2) is 36.3 Å². The van der Waals surface area contributed by atoms with Gasteiger partial charge in [-0.15, -0.1) is 0 Å². The van der Waals surface area contributed by atoms with Crippen molar-refractivity contribution in [3.8, 4) is 17.2 Å². The highest BCUT2D eigenvalue weighted by molar-refractivity contribution is 7.89. The zero-order chi connectivity index (χ0) is 17.6. The zero-order valence-corrected chi connectivity index (χ0v) is 14.7. The maximum atomic E-state index is 12.2. The van der Waals surface area contributed by atoms with E-state index >= 15 is 0 Å². The van der Waals surface area contributed by atoms with Crippen LogP contribution in [0.25, 0.3) is 0 Å². The lowest BCUT2D eigenvalue weighted by atomic mass is 10.1. The Morgan fingerprint density at radius 2 is 1.50 bits per heavy atom. The first-order valence-electron chi connectivity index (χ1n) is 7.35. The molecule has 6 nitrogen and oxygen atoms in total. The molecule has 24 heavy (non-hydrogen) atoms. The quantitative estimate of drug-likeness (QED) is 0.789. The van der Waals surface area contributed by atoms with Gasteiger partial charge >= 0.3 is 0 Å². The molecule has 0 amide bonds. The van der Waals surface area contributed by atoms with Gasteiger partial charge in [0.25, 0.3) is 0 Å². The van der Waals surface area contributed by atoms with Crippen molar-refractivity contribution in [3.05, 3.63) is 48.0 Å². The van der Waals surface area contributed by atoms with Crippen LogP contribution >= 0.6 is 0 Å². The predicted octanol–water partition coefficient (Wildman–Crippen LogP) is 2.23. The van der Waals surface area contributed by atoms with E-state index in [0.717, 1.165) is 5.56 Å². The van der Waals surface area contributed by atoms with E-state index in [4.69, 9.17) is 14.2 Å². The van der Waals surface area contributed by atoms with Crippen LogP contribution in [0.3, 0.4) is 0 Å². The number of benzene rings is 2. The maximum absolute atomic E-state index is 12.2. The molecular weight excluding hydrogens is 330 g/mol. The summed E-state index contributed by atoms with van der Waals surface area (Å²) in [5.74, 6) is 1.59. The Balaban J connectivity index is 2.10. The molecule has 0 aromatic heterocycles. The molecule has 2 aromatic carbocycles. The number of rotatable bonds is 8. The minimum Gasteiger partial charge on any atom is -0.493 e. The molecule has 0 radical (unpaired) electrons. The molecule has 2 aromatic rings. The molecular formula is C17H21NO5S. The third-order valence-corrected chi connectivity index (χ3v) is 4.96. The van der Waals surface area contributed by atoms with E-state index in [1.807, 2.05) is 0 Å². The molecule has 0 aliphatic heterocycles. The molecule has 0 bridgehead atoms. The van der Waals surface area contributed by atoms with Gasteiger partial charge in [-0.1, -0.05) is 18.2 Å². The second-order valence-corrected chi connectivity index (χ2v) is 6.76. The van der Waals surface area contributed by atoms with Gasteiger partial charge in [-0.05, 0) is 36.2 Å². The Hall–Kier alpha value is -2.25. The molecule has 0 aliphatic carbocycles. The van der Waals surface area contributed by atoms with E-state index in [2.05, 4.69) is 4.72 Å². The Morgan fingerprint density at radius 3 is 2.00 bits per heavy atom. The van der Waals surface area contributed by atoms with E-state index in [1.54, 1.807) is 56.7 Å². The summed E-state index contributed by atoms with van der Waals surface area (Å²) in [6.45, 7) is 0.260. The molecule has 0 saturated carbocycles. The van der Waals surface area contributed by atoms with Crippen LogP contribution < -0.4 is 18.9 Å². The summed E-state index contributed by atoms with van der Waals surface area (Å²) in [5, 5.41) is 0. The molecule has 0 spiro atoms. The number of hydrogen-bond acceptors (Lipinski definition) is 5. The smallest absolute Gasteiger partial charge is 0.240 e. The number of hydrogen-bond donors (Lipinski definition) is 1. The van der Waals surface area contributed by atoms with Crippen molar-refractivity contribution in [2.75, 3.05) is 27.9 Å². The number of nitrogens with one attached hydrogen (secondary N) is 1. The topological polar surface area (TPSA) is 73.9 Å². The van der Waals surface area contributed by atoms with Crippen LogP contribution in [0, 0.1) is 0 Å². The molecule has 0 heterocycles. The van der Waals surface area contributed by atoms with E-state index < -0.39 is 10.0 Å². The summed E-state index contributed by atoms with van der Waals surface area (Å²) in [6, 6.07) is 11.9. The van der Waals surface area contributed by atoms with Gasteiger partial charge in [0.2, 0.25) is 15.8 Å². The van der Waals surface area contributed by atoms with Crippen LogP contribution in [-0.2, 0) is 16.4 Å². The summed E-state index contributed by atoms with van der Waals surface area (Å²) < 4.78 is 42.8. The SMILES string of the molecule is COc1cc(CCNS(=O)(=O)c2ccccc2)cc(OC)c1OC. The summed E-state index contributed by atoms with van der Waals surface area (Å²) >= 11 is 0. The lowest BCUT2D eigenvalue weighted by molar-refractivity contribution is 0.324. The predicted molar refractivity (Wildman–Crippen MR) is 91.4 cm³/mol. The highest BCUT2D eigenvalue weighted by Crippen LogP contribution is 2.38. The van der Waals surface area contributed by atoms with Crippen molar-refractivity contribution in [2.24, 2.45) is 0 Å². The lowest BCUT2D eigenvalue weighted by Crippen LogP contribution is -2.25. The first kappa shape index (κ1) is 18.1. The van der Waals surface area contributed by atoms with Gasteiger partial charge < -0.3 is 14.2 Å². The standard InChI is InChI=1S/C17H21NO5S/c1-21-15-11-13(12-16(22-2)17(15)23-3)9-10-18-24(19,20)14-7-5-4-6-8-14/h4-8,11-12,18H,9-10H2,1-3H3. The molecule has 7 heteroatoms. The third kappa shape index (κ3) is 4.18. The molecule has 1 N–H and O–H groups in total. The monoisotopic (exact) mass is 351 g/mol. The van der Waals surface area contributed by atoms with Gasteiger partial charge in [0.05, 0.1) is 26.2 Å². The van der Waals surface area contributed by atoms with E-state index in [1.165, 1.54) is 7.11 Å². The fourth-order valence-electron chi connectivity index (χ4n) is 2.29. The van der Waals surface area contributed by atoms with Crippen LogP contribution in [0.4, 0.5) is 0 Å². The summed E-state index contributed by atoms with van der Waals surface area (Å²) in [6.07, 6.45) is 0.489. The minimum atomic E-state index is -3.51. The highest BCUT2D eigenvalue weighted by Gasteiger charge is 2.15. The first-order valence-corrected chi connectivity index (χ1v) is 8.83. The van der Waals surface area contributed by atoms with E-state index in [9.17, 15) is 8.42 Å². The van der Waals surface area contributed by atoms with Gasteiger partial charge in [0.1, 0.15) is 0 Å². The molecule has 0 aliphatic rings. The number of sulfonamides is 1. The summed E-state index contributed by atoms with van der Waals surface area (Å²) in [5.41, 5.74) is 0.875. The Labute approximate surface area is 142 Å². The van der Waals surface area contributed by atoms with Crippen LogP contribution in [0.2, 0.25) is 0 Å². The first-order chi connectivity index (χ1) is 11.5. The largest absolute Gasteiger partial charge is 0.493 e. The van der Waals surface area contributed by atoms with Gasteiger partial charge in [-0.25, -0.2) is 13.1 Å². The maximum Gasteiger partial charge on any atom is 0.240 e. The average Bonchev–Trinajstić information content (AvgIpc) is 2.61. The van der Waals surface area contributed by atoms with Gasteiger partial charge in [0, 0.05) is 6.54 Å². The molecule has 2 rings (SSSR count). The Bertz CT molecular complexity index is 750. The molecule has 0 fully saturated rings. The van der Waals surface area contributed by atoms with Crippen LogP contribution in [0.1, 0.15) is 5.56 Å². The number of ether oxygens (including phenoxy) is 3. The third-order valence-electron chi connectivity index (χ3n) is 3.48. The minimum absolute atomic E-state index is 0.245. The van der Waals surface area contributed by atoms with Crippen LogP contribution in [0.15, 0.2) is 47.4 Å². The second kappa shape index (κ2) is 8.03. The van der Waals surface area contributed by atoms with Crippen molar-refractivity contribution in [1.82, 2.24) is 4.72 Å². The Morgan fingerprint density at radius 1 is 0.917 bits per heavy atom. The second-order valence-electron chi connectivity index (χ2n) is 4.99. The molecule has 0 unspecified atom stereocenters. The summed E-state index contributed by atoms with van der Waals surface area (Å²) in [4.78, 5) is 0.245. The molecule has 130 valence electrons. The van der Waals surface area contributed by atoms with E-state index in [0.29, 0.717) is 23.7 Å². The summed E-state index contributed by atoms with van der Waals surface area (Å²) in [7, 11) is 1.11. The normalized spacial score (nSPS) is 11.1. The fourth-order valence-corrected chi connectivity index (χ4v) is 3.35. The number of methoxy groups -OCH3 is 3. The van der Waals surface area contributed by atoms with Crippen molar-refractivity contribution >= 4 is 10.0 Å².